The first-order chi connectivity index (χ1) is 8.86. The average Bonchev–Trinajstić information content (AvgIpc) is 2.32. The Morgan fingerprint density at radius 2 is 1.79 bits per heavy atom. The third kappa shape index (κ3) is 3.15. The third-order valence-corrected chi connectivity index (χ3v) is 2.57. The van der Waals surface area contributed by atoms with Crippen LogP contribution >= 0.6 is 0 Å². The van der Waals surface area contributed by atoms with Crippen molar-refractivity contribution in [1.82, 2.24) is 4.98 Å². The summed E-state index contributed by atoms with van der Waals surface area (Å²) in [5.41, 5.74) is 6.79. The van der Waals surface area contributed by atoms with Gasteiger partial charge >= 0.3 is 6.18 Å². The highest BCUT2D eigenvalue weighted by Gasteiger charge is 2.29. The lowest BCUT2D eigenvalue weighted by molar-refractivity contribution is -0.137. The quantitative estimate of drug-likeness (QED) is 0.871. The fourth-order valence-electron chi connectivity index (χ4n) is 1.61. The summed E-state index contributed by atoms with van der Waals surface area (Å²) < 4.78 is 37.2. The first-order valence-electron chi connectivity index (χ1n) is 5.52. The van der Waals surface area contributed by atoms with Gasteiger partial charge in [-0.3, -0.25) is 0 Å². The number of hydrogen-bond acceptors (Lipinski definition) is 3. The van der Waals surface area contributed by atoms with Crippen LogP contribution in [0.2, 0.25) is 0 Å². The molecule has 3 nitrogen and oxygen atoms in total. The lowest BCUT2D eigenvalue weighted by Gasteiger charge is -2.10. The summed E-state index contributed by atoms with van der Waals surface area (Å²) in [5, 5.41) is 2.94. The van der Waals surface area contributed by atoms with Crippen LogP contribution in [0.1, 0.15) is 11.1 Å². The van der Waals surface area contributed by atoms with E-state index in [0.29, 0.717) is 17.2 Å². The Balaban J connectivity index is 2.20. The molecule has 0 saturated carbocycles. The van der Waals surface area contributed by atoms with Gasteiger partial charge in [0.25, 0.3) is 0 Å². The molecular weight excluding hydrogens is 255 g/mol. The number of nitrogen functional groups attached to an aromatic ring is 1. The van der Waals surface area contributed by atoms with E-state index in [1.807, 2.05) is 6.92 Å². The SMILES string of the molecule is Cc1cc(N)cnc1Nc1ccc(C(F)(F)F)cc1. The minimum Gasteiger partial charge on any atom is -0.397 e. The zero-order valence-electron chi connectivity index (χ0n) is 10.1. The molecule has 19 heavy (non-hydrogen) atoms. The molecule has 1 aromatic heterocycles. The van der Waals surface area contributed by atoms with Crippen molar-refractivity contribution in [2.24, 2.45) is 0 Å². The maximum Gasteiger partial charge on any atom is 0.416 e. The van der Waals surface area contributed by atoms with E-state index in [-0.39, 0.29) is 0 Å². The van der Waals surface area contributed by atoms with Gasteiger partial charge in [-0.2, -0.15) is 13.2 Å². The smallest absolute Gasteiger partial charge is 0.397 e. The molecule has 0 radical (unpaired) electrons. The molecule has 2 aromatic rings. The van der Waals surface area contributed by atoms with Crippen molar-refractivity contribution in [3.63, 3.8) is 0 Å². The standard InChI is InChI=1S/C13H12F3N3/c1-8-6-10(17)7-18-12(8)19-11-4-2-9(3-5-11)13(14,15)16/h2-7H,17H2,1H3,(H,18,19). The van der Waals surface area contributed by atoms with E-state index >= 15 is 0 Å². The fraction of sp³-hybridized carbons (Fsp3) is 0.154. The van der Waals surface area contributed by atoms with E-state index in [4.69, 9.17) is 5.73 Å². The molecule has 0 unspecified atom stereocenters. The van der Waals surface area contributed by atoms with Crippen LogP contribution in [0.15, 0.2) is 36.5 Å². The van der Waals surface area contributed by atoms with Crippen molar-refractivity contribution < 1.29 is 13.2 Å². The first-order valence-corrected chi connectivity index (χ1v) is 5.52. The molecule has 0 saturated heterocycles. The molecule has 2 rings (SSSR count). The summed E-state index contributed by atoms with van der Waals surface area (Å²) in [6.45, 7) is 1.82. The second kappa shape index (κ2) is 4.79. The number of aryl methyl sites for hydroxylation is 1. The molecule has 3 N–H and O–H groups in total. The van der Waals surface area contributed by atoms with Gasteiger partial charge < -0.3 is 11.1 Å². The molecule has 0 spiro atoms. The van der Waals surface area contributed by atoms with E-state index in [2.05, 4.69) is 10.3 Å². The van der Waals surface area contributed by atoms with Crippen molar-refractivity contribution in [3.8, 4) is 0 Å². The maximum atomic E-state index is 12.4. The van der Waals surface area contributed by atoms with E-state index < -0.39 is 11.7 Å². The predicted octanol–water partition coefficient (Wildman–Crippen LogP) is 3.73. The van der Waals surface area contributed by atoms with Gasteiger partial charge in [0.1, 0.15) is 5.82 Å². The van der Waals surface area contributed by atoms with Gasteiger partial charge in [-0.05, 0) is 42.8 Å². The van der Waals surface area contributed by atoms with Gasteiger partial charge in [-0.1, -0.05) is 0 Å². The Morgan fingerprint density at radius 1 is 1.16 bits per heavy atom. The minimum absolute atomic E-state index is 0.536. The van der Waals surface area contributed by atoms with Crippen molar-refractivity contribution in [1.29, 1.82) is 0 Å². The normalized spacial score (nSPS) is 11.4. The summed E-state index contributed by atoms with van der Waals surface area (Å²) >= 11 is 0. The van der Waals surface area contributed by atoms with E-state index in [0.717, 1.165) is 17.7 Å². The Kier molecular flexibility index (Phi) is 3.33. The lowest BCUT2D eigenvalue weighted by Crippen LogP contribution is -2.04. The molecule has 0 fully saturated rings. The van der Waals surface area contributed by atoms with Crippen LogP contribution in [-0.2, 0) is 6.18 Å². The number of rotatable bonds is 2. The van der Waals surface area contributed by atoms with Crippen molar-refractivity contribution in [2.75, 3.05) is 11.1 Å². The van der Waals surface area contributed by atoms with E-state index in [1.165, 1.54) is 18.3 Å². The summed E-state index contributed by atoms with van der Waals surface area (Å²) in [5.74, 6) is 0.564. The van der Waals surface area contributed by atoms with E-state index in [1.54, 1.807) is 6.07 Å². The van der Waals surface area contributed by atoms with Crippen LogP contribution in [0.5, 0.6) is 0 Å². The molecule has 1 heterocycles. The summed E-state index contributed by atoms with van der Waals surface area (Å²) in [4.78, 5) is 4.09. The van der Waals surface area contributed by atoms with Crippen molar-refractivity contribution >= 4 is 17.2 Å². The zero-order valence-corrected chi connectivity index (χ0v) is 10.1. The summed E-state index contributed by atoms with van der Waals surface area (Å²) in [7, 11) is 0. The van der Waals surface area contributed by atoms with Crippen LogP contribution in [-0.4, -0.2) is 4.98 Å². The van der Waals surface area contributed by atoms with Crippen LogP contribution in [0.3, 0.4) is 0 Å². The minimum atomic E-state index is -4.33. The lowest BCUT2D eigenvalue weighted by atomic mass is 10.2. The molecule has 0 aliphatic rings. The van der Waals surface area contributed by atoms with Gasteiger partial charge in [0.2, 0.25) is 0 Å². The summed E-state index contributed by atoms with van der Waals surface area (Å²) in [6, 6.07) is 6.50. The second-order valence-electron chi connectivity index (χ2n) is 4.13. The average molecular weight is 267 g/mol. The van der Waals surface area contributed by atoms with Crippen LogP contribution in [0, 0.1) is 6.92 Å². The molecule has 0 bridgehead atoms. The fourth-order valence-corrected chi connectivity index (χ4v) is 1.61. The van der Waals surface area contributed by atoms with Gasteiger partial charge in [0, 0.05) is 5.69 Å². The van der Waals surface area contributed by atoms with E-state index in [9.17, 15) is 13.2 Å². The second-order valence-corrected chi connectivity index (χ2v) is 4.13. The molecule has 0 atom stereocenters. The Bertz CT molecular complexity index is 577. The van der Waals surface area contributed by atoms with Crippen LogP contribution in [0.4, 0.5) is 30.4 Å². The highest BCUT2D eigenvalue weighted by molar-refractivity contribution is 5.61. The van der Waals surface area contributed by atoms with Crippen LogP contribution in [0.25, 0.3) is 0 Å². The molecule has 0 aliphatic heterocycles. The number of pyridine rings is 1. The predicted molar refractivity (Wildman–Crippen MR) is 68.1 cm³/mol. The largest absolute Gasteiger partial charge is 0.416 e. The number of aromatic nitrogens is 1. The summed E-state index contributed by atoms with van der Waals surface area (Å²) in [6.07, 6.45) is -2.84. The number of hydrogen-bond donors (Lipinski definition) is 2. The Morgan fingerprint density at radius 3 is 2.32 bits per heavy atom. The molecular formula is C13H12F3N3. The zero-order chi connectivity index (χ0) is 14.0. The highest BCUT2D eigenvalue weighted by Crippen LogP contribution is 2.30. The van der Waals surface area contributed by atoms with Gasteiger partial charge in [-0.25, -0.2) is 4.98 Å². The molecule has 100 valence electrons. The van der Waals surface area contributed by atoms with Gasteiger partial charge in [-0.15, -0.1) is 0 Å². The number of benzene rings is 1. The highest BCUT2D eigenvalue weighted by atomic mass is 19.4. The molecule has 6 heteroatoms. The first kappa shape index (κ1) is 13.2. The number of nitrogens with one attached hydrogen (secondary N) is 1. The number of nitrogens with two attached hydrogens (primary N) is 1. The molecule has 0 aliphatic carbocycles. The monoisotopic (exact) mass is 267 g/mol. The Labute approximate surface area is 108 Å². The Hall–Kier alpha value is -2.24. The van der Waals surface area contributed by atoms with Crippen molar-refractivity contribution in [2.45, 2.75) is 13.1 Å². The number of nitrogens with zero attached hydrogens (tertiary/aromatic N) is 1. The maximum absolute atomic E-state index is 12.4. The number of alkyl halides is 3. The third-order valence-electron chi connectivity index (χ3n) is 2.57. The van der Waals surface area contributed by atoms with Gasteiger partial charge in [0.05, 0.1) is 17.4 Å². The topological polar surface area (TPSA) is 50.9 Å². The molecule has 1 aromatic carbocycles. The molecule has 0 amide bonds. The van der Waals surface area contributed by atoms with Crippen LogP contribution < -0.4 is 11.1 Å². The van der Waals surface area contributed by atoms with Gasteiger partial charge in [0.15, 0.2) is 0 Å². The number of halogens is 3. The number of anilines is 3. The van der Waals surface area contributed by atoms with Crippen molar-refractivity contribution in [3.05, 3.63) is 47.7 Å².